The fraction of sp³-hybridized carbons (Fsp3) is 0.429. The monoisotopic (exact) mass is 290 g/mol. The highest BCUT2D eigenvalue weighted by atomic mass is 16.2. The minimum atomic E-state index is -0.686. The molecule has 112 valence electrons. The first-order valence-corrected chi connectivity index (χ1v) is 6.95. The van der Waals surface area contributed by atoms with Crippen molar-refractivity contribution in [3.63, 3.8) is 0 Å². The third kappa shape index (κ3) is 3.77. The molecule has 0 spiro atoms. The van der Waals surface area contributed by atoms with E-state index in [9.17, 15) is 14.4 Å². The van der Waals surface area contributed by atoms with Crippen molar-refractivity contribution in [2.75, 3.05) is 11.9 Å². The van der Waals surface area contributed by atoms with Gasteiger partial charge in [0.2, 0.25) is 11.8 Å². The zero-order valence-corrected chi connectivity index (χ0v) is 11.8. The number of hydrogen-bond donors (Lipinski definition) is 3. The molecule has 0 saturated carbocycles. The first-order valence-electron chi connectivity index (χ1n) is 6.95. The lowest BCUT2D eigenvalue weighted by Gasteiger charge is -2.22. The summed E-state index contributed by atoms with van der Waals surface area (Å²) in [6, 6.07) is 2.62. The zero-order chi connectivity index (χ0) is 15.2. The van der Waals surface area contributed by atoms with Crippen LogP contribution in [0, 0.1) is 0 Å². The van der Waals surface area contributed by atoms with E-state index in [1.54, 1.807) is 18.3 Å². The summed E-state index contributed by atoms with van der Waals surface area (Å²) in [4.78, 5) is 39.1. The van der Waals surface area contributed by atoms with Crippen LogP contribution in [0.2, 0.25) is 0 Å². The van der Waals surface area contributed by atoms with Crippen LogP contribution < -0.4 is 16.0 Å². The minimum absolute atomic E-state index is 0.227. The van der Waals surface area contributed by atoms with Crippen LogP contribution in [-0.2, 0) is 9.59 Å². The van der Waals surface area contributed by atoms with Gasteiger partial charge in [0.05, 0.1) is 5.56 Å². The van der Waals surface area contributed by atoms with Crippen molar-refractivity contribution in [3.05, 3.63) is 23.9 Å². The van der Waals surface area contributed by atoms with Gasteiger partial charge in [0.25, 0.3) is 5.91 Å². The summed E-state index contributed by atoms with van der Waals surface area (Å²) < 4.78 is 0. The number of amides is 3. The summed E-state index contributed by atoms with van der Waals surface area (Å²) in [5.41, 5.74) is 0.385. The average molecular weight is 290 g/mol. The van der Waals surface area contributed by atoms with Crippen molar-refractivity contribution in [1.82, 2.24) is 15.6 Å². The van der Waals surface area contributed by atoms with Gasteiger partial charge in [-0.15, -0.1) is 0 Å². The Morgan fingerprint density at radius 2 is 2.29 bits per heavy atom. The average Bonchev–Trinajstić information content (AvgIpc) is 2.48. The second-order valence-electron chi connectivity index (χ2n) is 4.80. The largest absolute Gasteiger partial charge is 0.369 e. The number of rotatable bonds is 5. The van der Waals surface area contributed by atoms with E-state index in [-0.39, 0.29) is 18.2 Å². The van der Waals surface area contributed by atoms with Gasteiger partial charge in [0.15, 0.2) is 0 Å². The lowest BCUT2D eigenvalue weighted by atomic mass is 10.1. The molecule has 1 saturated heterocycles. The minimum Gasteiger partial charge on any atom is -0.369 e. The van der Waals surface area contributed by atoms with E-state index in [0.717, 1.165) is 6.42 Å². The summed E-state index contributed by atoms with van der Waals surface area (Å²) in [5.74, 6) is -0.663. The summed E-state index contributed by atoms with van der Waals surface area (Å²) in [7, 11) is 0. The van der Waals surface area contributed by atoms with Gasteiger partial charge >= 0.3 is 0 Å². The molecule has 0 aliphatic carbocycles. The van der Waals surface area contributed by atoms with Gasteiger partial charge in [-0.2, -0.15) is 0 Å². The van der Waals surface area contributed by atoms with Crippen LogP contribution in [0.25, 0.3) is 0 Å². The molecule has 2 heterocycles. The summed E-state index contributed by atoms with van der Waals surface area (Å²) in [6.07, 6.45) is 3.05. The fourth-order valence-electron chi connectivity index (χ4n) is 2.04. The number of carbonyl (C=O) groups is 3. The van der Waals surface area contributed by atoms with E-state index in [0.29, 0.717) is 24.3 Å². The highest BCUT2D eigenvalue weighted by Crippen LogP contribution is 2.13. The normalized spacial score (nSPS) is 18.0. The maximum absolute atomic E-state index is 12.3. The molecule has 1 fully saturated rings. The predicted octanol–water partition coefficient (Wildman–Crippen LogP) is 0.438. The van der Waals surface area contributed by atoms with Crippen molar-refractivity contribution in [3.8, 4) is 0 Å². The van der Waals surface area contributed by atoms with Crippen LogP contribution in [0.5, 0.6) is 0 Å². The molecular weight excluding hydrogens is 272 g/mol. The summed E-state index contributed by atoms with van der Waals surface area (Å²) in [6.45, 7) is 2.72. The van der Waals surface area contributed by atoms with Crippen molar-refractivity contribution in [2.45, 2.75) is 32.2 Å². The van der Waals surface area contributed by atoms with Gasteiger partial charge in [0.1, 0.15) is 11.9 Å². The number of nitrogens with one attached hydrogen (secondary N) is 3. The smallest absolute Gasteiger partial charge is 0.255 e. The molecule has 1 aromatic heterocycles. The fourth-order valence-corrected chi connectivity index (χ4v) is 2.04. The van der Waals surface area contributed by atoms with Crippen LogP contribution in [0.3, 0.4) is 0 Å². The second-order valence-corrected chi connectivity index (χ2v) is 4.80. The second kappa shape index (κ2) is 6.83. The molecule has 1 aromatic rings. The molecule has 1 atom stereocenters. The quantitative estimate of drug-likeness (QED) is 0.683. The van der Waals surface area contributed by atoms with Crippen LogP contribution in [0.1, 0.15) is 36.5 Å². The Labute approximate surface area is 122 Å². The Morgan fingerprint density at radius 1 is 1.48 bits per heavy atom. The third-order valence-corrected chi connectivity index (χ3v) is 3.14. The van der Waals surface area contributed by atoms with Gasteiger partial charge in [-0.05, 0) is 25.0 Å². The zero-order valence-electron chi connectivity index (χ0n) is 11.8. The standard InChI is InChI=1S/C14H18N4O3/c1-2-7-15-12-9(4-3-8-16-12)13(20)17-10-5-6-11(19)18-14(10)21/h3-4,8,10H,2,5-7H2,1H3,(H,15,16)(H,17,20)(H,18,19,21). The van der Waals surface area contributed by atoms with Crippen molar-refractivity contribution in [1.29, 1.82) is 0 Å². The Kier molecular flexibility index (Phi) is 4.86. The molecule has 2 rings (SSSR count). The molecular formula is C14H18N4O3. The lowest BCUT2D eigenvalue weighted by Crippen LogP contribution is -2.52. The topological polar surface area (TPSA) is 100 Å². The van der Waals surface area contributed by atoms with Gasteiger partial charge in [-0.1, -0.05) is 6.92 Å². The van der Waals surface area contributed by atoms with Gasteiger partial charge in [-0.25, -0.2) is 4.98 Å². The van der Waals surface area contributed by atoms with E-state index in [4.69, 9.17) is 0 Å². The van der Waals surface area contributed by atoms with Crippen LogP contribution in [0.15, 0.2) is 18.3 Å². The Morgan fingerprint density at radius 3 is 3.00 bits per heavy atom. The number of aromatic nitrogens is 1. The molecule has 3 N–H and O–H groups in total. The number of pyridine rings is 1. The Balaban J connectivity index is 2.06. The van der Waals surface area contributed by atoms with Crippen LogP contribution >= 0.6 is 0 Å². The predicted molar refractivity (Wildman–Crippen MR) is 76.7 cm³/mol. The highest BCUT2D eigenvalue weighted by Gasteiger charge is 2.28. The van der Waals surface area contributed by atoms with Crippen molar-refractivity contribution in [2.24, 2.45) is 0 Å². The molecule has 0 radical (unpaired) electrons. The Hall–Kier alpha value is -2.44. The Bertz CT molecular complexity index is 559. The van der Waals surface area contributed by atoms with E-state index < -0.39 is 11.9 Å². The van der Waals surface area contributed by atoms with E-state index in [1.807, 2.05) is 6.92 Å². The first-order chi connectivity index (χ1) is 10.1. The molecule has 0 aromatic carbocycles. The molecule has 21 heavy (non-hydrogen) atoms. The maximum Gasteiger partial charge on any atom is 0.255 e. The molecule has 7 nitrogen and oxygen atoms in total. The van der Waals surface area contributed by atoms with Crippen molar-refractivity contribution < 1.29 is 14.4 Å². The van der Waals surface area contributed by atoms with E-state index >= 15 is 0 Å². The van der Waals surface area contributed by atoms with Gasteiger partial charge in [-0.3, -0.25) is 19.7 Å². The van der Waals surface area contributed by atoms with E-state index in [2.05, 4.69) is 20.9 Å². The lowest BCUT2D eigenvalue weighted by molar-refractivity contribution is -0.134. The van der Waals surface area contributed by atoms with Gasteiger partial charge < -0.3 is 10.6 Å². The van der Waals surface area contributed by atoms with Crippen LogP contribution in [0.4, 0.5) is 5.82 Å². The number of imide groups is 1. The van der Waals surface area contributed by atoms with Gasteiger partial charge in [0, 0.05) is 19.2 Å². The summed E-state index contributed by atoms with van der Waals surface area (Å²) in [5, 5.41) is 7.92. The SMILES string of the molecule is CCCNc1ncccc1C(=O)NC1CCC(=O)NC1=O. The number of hydrogen-bond acceptors (Lipinski definition) is 5. The van der Waals surface area contributed by atoms with Crippen LogP contribution in [-0.4, -0.2) is 35.3 Å². The third-order valence-electron chi connectivity index (χ3n) is 3.14. The molecule has 0 bridgehead atoms. The highest BCUT2D eigenvalue weighted by molar-refractivity contribution is 6.05. The number of piperidine rings is 1. The molecule has 1 unspecified atom stereocenters. The first kappa shape index (κ1) is 15.0. The number of nitrogens with zero attached hydrogens (tertiary/aromatic N) is 1. The van der Waals surface area contributed by atoms with Crippen molar-refractivity contribution >= 4 is 23.5 Å². The number of anilines is 1. The summed E-state index contributed by atoms with van der Waals surface area (Å²) >= 11 is 0. The molecule has 1 aliphatic heterocycles. The van der Waals surface area contributed by atoms with E-state index in [1.165, 1.54) is 0 Å². The molecule has 3 amide bonds. The number of carbonyl (C=O) groups excluding carboxylic acids is 3. The maximum atomic E-state index is 12.3. The molecule has 7 heteroatoms. The molecule has 1 aliphatic rings.